The summed E-state index contributed by atoms with van der Waals surface area (Å²) in [7, 11) is 3.81. The number of likely N-dealkylation sites (tertiary alicyclic amines) is 1. The number of hydrogen-bond donors (Lipinski definition) is 0. The maximum absolute atomic E-state index is 12.6. The number of furan rings is 1. The first-order chi connectivity index (χ1) is 11.4. The zero-order valence-electron chi connectivity index (χ0n) is 14.4. The quantitative estimate of drug-likeness (QED) is 0.854. The van der Waals surface area contributed by atoms with Crippen molar-refractivity contribution < 1.29 is 13.9 Å². The lowest BCUT2D eigenvalue weighted by Crippen LogP contribution is -2.31. The van der Waals surface area contributed by atoms with E-state index in [1.54, 1.807) is 17.0 Å². The van der Waals surface area contributed by atoms with Crippen LogP contribution >= 0.6 is 0 Å². The van der Waals surface area contributed by atoms with Crippen molar-refractivity contribution in [3.05, 3.63) is 35.3 Å². The van der Waals surface area contributed by atoms with Gasteiger partial charge in [0.25, 0.3) is 5.91 Å². The molecule has 1 fully saturated rings. The van der Waals surface area contributed by atoms with Gasteiger partial charge in [0.15, 0.2) is 5.82 Å². The molecule has 7 nitrogen and oxygen atoms in total. The maximum atomic E-state index is 12.6. The SMILES string of the molecule is Cc1cc(C(=O)N2CCC(Oc3ccc(N(C)C)nn3)C2)c(C)o1. The minimum absolute atomic E-state index is 0.00973. The molecule has 0 aromatic carbocycles. The molecule has 1 unspecified atom stereocenters. The van der Waals surface area contributed by atoms with Gasteiger partial charge < -0.3 is 19.0 Å². The van der Waals surface area contributed by atoms with Crippen molar-refractivity contribution in [3.63, 3.8) is 0 Å². The van der Waals surface area contributed by atoms with Gasteiger partial charge in [0.1, 0.15) is 17.6 Å². The summed E-state index contributed by atoms with van der Waals surface area (Å²) in [5.41, 5.74) is 0.628. The van der Waals surface area contributed by atoms with Crippen molar-refractivity contribution >= 4 is 11.7 Å². The minimum atomic E-state index is -0.0678. The minimum Gasteiger partial charge on any atom is -0.471 e. The van der Waals surface area contributed by atoms with Crippen molar-refractivity contribution in [1.82, 2.24) is 15.1 Å². The van der Waals surface area contributed by atoms with Crippen LogP contribution in [0.1, 0.15) is 28.3 Å². The highest BCUT2D eigenvalue weighted by Gasteiger charge is 2.30. The van der Waals surface area contributed by atoms with Crippen LogP contribution in [0.4, 0.5) is 5.82 Å². The normalized spacial score (nSPS) is 17.2. The Morgan fingerprint density at radius 2 is 2.12 bits per heavy atom. The zero-order chi connectivity index (χ0) is 17.3. The molecule has 0 bridgehead atoms. The fourth-order valence-electron chi connectivity index (χ4n) is 2.81. The van der Waals surface area contributed by atoms with Crippen LogP contribution in [0.2, 0.25) is 0 Å². The molecule has 2 aromatic rings. The topological polar surface area (TPSA) is 71.7 Å². The van der Waals surface area contributed by atoms with Gasteiger partial charge in [-0.25, -0.2) is 0 Å². The second-order valence-corrected chi connectivity index (χ2v) is 6.23. The van der Waals surface area contributed by atoms with Gasteiger partial charge in [0.05, 0.1) is 12.1 Å². The monoisotopic (exact) mass is 330 g/mol. The summed E-state index contributed by atoms with van der Waals surface area (Å²) in [6.45, 7) is 4.86. The van der Waals surface area contributed by atoms with Gasteiger partial charge >= 0.3 is 0 Å². The Morgan fingerprint density at radius 1 is 1.33 bits per heavy atom. The van der Waals surface area contributed by atoms with Crippen LogP contribution in [0.15, 0.2) is 22.6 Å². The molecule has 3 heterocycles. The van der Waals surface area contributed by atoms with E-state index in [0.29, 0.717) is 30.3 Å². The third-order valence-corrected chi connectivity index (χ3v) is 4.08. The highest BCUT2D eigenvalue weighted by molar-refractivity contribution is 5.95. The summed E-state index contributed by atoms with van der Waals surface area (Å²) in [5, 5.41) is 8.17. The predicted octanol–water partition coefficient (Wildman–Crippen LogP) is 2.05. The molecule has 0 spiro atoms. The van der Waals surface area contributed by atoms with Gasteiger partial charge in [0.2, 0.25) is 5.88 Å². The number of amides is 1. The molecule has 7 heteroatoms. The van der Waals surface area contributed by atoms with Crippen LogP contribution in [0.25, 0.3) is 0 Å². The van der Waals surface area contributed by atoms with Crippen molar-refractivity contribution in [2.45, 2.75) is 26.4 Å². The van der Waals surface area contributed by atoms with Crippen LogP contribution in [-0.4, -0.2) is 54.3 Å². The summed E-state index contributed by atoms with van der Waals surface area (Å²) in [6, 6.07) is 5.45. The molecule has 0 saturated carbocycles. The number of carbonyl (C=O) groups is 1. The number of aryl methyl sites for hydroxylation is 2. The molecule has 128 valence electrons. The van der Waals surface area contributed by atoms with Gasteiger partial charge in [-0.15, -0.1) is 10.2 Å². The Morgan fingerprint density at radius 3 is 2.71 bits per heavy atom. The lowest BCUT2D eigenvalue weighted by molar-refractivity contribution is 0.0769. The molecule has 1 saturated heterocycles. The lowest BCUT2D eigenvalue weighted by Gasteiger charge is -2.17. The lowest BCUT2D eigenvalue weighted by atomic mass is 10.2. The van der Waals surface area contributed by atoms with Crippen LogP contribution < -0.4 is 9.64 Å². The highest BCUT2D eigenvalue weighted by atomic mass is 16.5. The average molecular weight is 330 g/mol. The van der Waals surface area contributed by atoms with Crippen molar-refractivity contribution in [1.29, 1.82) is 0 Å². The first-order valence-corrected chi connectivity index (χ1v) is 7.98. The average Bonchev–Trinajstić information content (AvgIpc) is 3.13. The van der Waals surface area contributed by atoms with Crippen LogP contribution in [-0.2, 0) is 0 Å². The number of anilines is 1. The summed E-state index contributed by atoms with van der Waals surface area (Å²) in [4.78, 5) is 16.2. The molecular formula is C17H22N4O3. The molecule has 1 aliphatic rings. The van der Waals surface area contributed by atoms with Gasteiger partial charge in [-0.3, -0.25) is 4.79 Å². The Kier molecular flexibility index (Phi) is 4.42. The maximum Gasteiger partial charge on any atom is 0.257 e. The molecule has 1 atom stereocenters. The zero-order valence-corrected chi connectivity index (χ0v) is 14.4. The predicted molar refractivity (Wildman–Crippen MR) is 89.5 cm³/mol. The number of nitrogens with zero attached hydrogens (tertiary/aromatic N) is 4. The Balaban J connectivity index is 1.61. The Bertz CT molecular complexity index is 724. The summed E-state index contributed by atoms with van der Waals surface area (Å²) < 4.78 is 11.3. The van der Waals surface area contributed by atoms with Gasteiger partial charge in [-0.1, -0.05) is 0 Å². The van der Waals surface area contributed by atoms with E-state index in [0.717, 1.165) is 18.0 Å². The van der Waals surface area contributed by atoms with E-state index < -0.39 is 0 Å². The molecule has 0 radical (unpaired) electrons. The molecule has 2 aromatic heterocycles. The molecule has 24 heavy (non-hydrogen) atoms. The second kappa shape index (κ2) is 6.51. The fraction of sp³-hybridized carbons (Fsp3) is 0.471. The number of aromatic nitrogens is 2. The smallest absolute Gasteiger partial charge is 0.257 e. The third-order valence-electron chi connectivity index (χ3n) is 4.08. The molecular weight excluding hydrogens is 308 g/mol. The van der Waals surface area contributed by atoms with Gasteiger partial charge in [0, 0.05) is 33.1 Å². The van der Waals surface area contributed by atoms with E-state index >= 15 is 0 Å². The number of rotatable bonds is 4. The van der Waals surface area contributed by atoms with Crippen LogP contribution in [0, 0.1) is 13.8 Å². The largest absolute Gasteiger partial charge is 0.471 e. The molecule has 0 aliphatic carbocycles. The molecule has 0 N–H and O–H groups in total. The highest BCUT2D eigenvalue weighted by Crippen LogP contribution is 2.21. The Hall–Kier alpha value is -2.57. The van der Waals surface area contributed by atoms with E-state index in [1.165, 1.54) is 0 Å². The van der Waals surface area contributed by atoms with E-state index in [1.807, 2.05) is 38.9 Å². The number of hydrogen-bond acceptors (Lipinski definition) is 6. The first-order valence-electron chi connectivity index (χ1n) is 7.98. The second-order valence-electron chi connectivity index (χ2n) is 6.23. The van der Waals surface area contributed by atoms with Gasteiger partial charge in [-0.05, 0) is 26.0 Å². The van der Waals surface area contributed by atoms with E-state index in [-0.39, 0.29) is 12.0 Å². The fourth-order valence-corrected chi connectivity index (χ4v) is 2.81. The molecule has 1 amide bonds. The van der Waals surface area contributed by atoms with Crippen LogP contribution in [0.3, 0.4) is 0 Å². The first kappa shape index (κ1) is 16.3. The summed E-state index contributed by atoms with van der Waals surface area (Å²) in [5.74, 6) is 2.65. The van der Waals surface area contributed by atoms with E-state index in [9.17, 15) is 4.79 Å². The molecule has 3 rings (SSSR count). The number of ether oxygens (including phenoxy) is 1. The van der Waals surface area contributed by atoms with Crippen molar-refractivity contribution in [2.24, 2.45) is 0 Å². The Labute approximate surface area is 141 Å². The summed E-state index contributed by atoms with van der Waals surface area (Å²) >= 11 is 0. The number of carbonyl (C=O) groups excluding carboxylic acids is 1. The van der Waals surface area contributed by atoms with Crippen LogP contribution in [0.5, 0.6) is 5.88 Å². The van der Waals surface area contributed by atoms with Gasteiger partial charge in [-0.2, -0.15) is 0 Å². The standard InChI is InChI=1S/C17H22N4O3/c1-11-9-14(12(2)23-11)17(22)21-8-7-13(10-21)24-16-6-5-15(18-19-16)20(3)4/h5-6,9,13H,7-8,10H2,1-4H3. The van der Waals surface area contributed by atoms with E-state index in [4.69, 9.17) is 9.15 Å². The molecule has 1 aliphatic heterocycles. The van der Waals surface area contributed by atoms with E-state index in [2.05, 4.69) is 10.2 Å². The van der Waals surface area contributed by atoms with Crippen molar-refractivity contribution in [2.75, 3.05) is 32.1 Å². The van der Waals surface area contributed by atoms with Crippen molar-refractivity contribution in [3.8, 4) is 5.88 Å². The summed E-state index contributed by atoms with van der Waals surface area (Å²) in [6.07, 6.45) is 0.709. The third kappa shape index (κ3) is 3.34.